The Bertz CT molecular complexity index is 623. The molecule has 0 spiro atoms. The van der Waals surface area contributed by atoms with Crippen LogP contribution in [0.2, 0.25) is 0 Å². The first kappa shape index (κ1) is 13.9. The summed E-state index contributed by atoms with van der Waals surface area (Å²) >= 11 is 0. The summed E-state index contributed by atoms with van der Waals surface area (Å²) in [5.41, 5.74) is 1.87. The van der Waals surface area contributed by atoms with Crippen molar-refractivity contribution in [3.05, 3.63) is 57.5 Å². The van der Waals surface area contributed by atoms with Gasteiger partial charge < -0.3 is 4.90 Å². The van der Waals surface area contributed by atoms with E-state index in [-0.39, 0.29) is 10.6 Å². The smallest absolute Gasteiger partial charge is 0.269 e. The average Bonchev–Trinajstić information content (AvgIpc) is 2.37. The number of nitro groups is 1. The highest BCUT2D eigenvalue weighted by molar-refractivity contribution is 5.41. The Morgan fingerprint density at radius 3 is 2.65 bits per heavy atom. The Hall–Kier alpha value is -2.50. The summed E-state index contributed by atoms with van der Waals surface area (Å²) in [4.78, 5) is 20.9. The predicted molar refractivity (Wildman–Crippen MR) is 76.7 cm³/mol. The number of aryl methyl sites for hydroxylation is 2. The normalized spacial score (nSPS) is 10.3. The first-order valence-electron chi connectivity index (χ1n) is 6.22. The molecule has 0 N–H and O–H groups in total. The monoisotopic (exact) mass is 272 g/mol. The topological polar surface area (TPSA) is 72.2 Å². The molecule has 0 unspecified atom stereocenters. The van der Waals surface area contributed by atoms with Crippen molar-refractivity contribution in [1.82, 2.24) is 9.97 Å². The molecule has 0 aliphatic heterocycles. The summed E-state index contributed by atoms with van der Waals surface area (Å²) in [6.07, 6.45) is 0. The number of hydrogen-bond acceptors (Lipinski definition) is 5. The second kappa shape index (κ2) is 5.64. The number of anilines is 1. The number of benzene rings is 1. The van der Waals surface area contributed by atoms with Crippen molar-refractivity contribution in [3.8, 4) is 0 Å². The van der Waals surface area contributed by atoms with Gasteiger partial charge in [0.2, 0.25) is 0 Å². The summed E-state index contributed by atoms with van der Waals surface area (Å²) in [5, 5.41) is 10.8. The fourth-order valence-electron chi connectivity index (χ4n) is 2.02. The average molecular weight is 272 g/mol. The Balaban J connectivity index is 2.20. The largest absolute Gasteiger partial charge is 0.355 e. The van der Waals surface area contributed by atoms with Gasteiger partial charge in [-0.2, -0.15) is 0 Å². The number of rotatable bonds is 4. The van der Waals surface area contributed by atoms with Crippen LogP contribution in [0, 0.1) is 24.0 Å². The Morgan fingerprint density at radius 1 is 1.25 bits per heavy atom. The molecule has 1 heterocycles. The third-order valence-electron chi connectivity index (χ3n) is 2.88. The molecule has 0 amide bonds. The van der Waals surface area contributed by atoms with Gasteiger partial charge in [-0.15, -0.1) is 0 Å². The third-order valence-corrected chi connectivity index (χ3v) is 2.88. The molecule has 0 atom stereocenters. The second-order valence-electron chi connectivity index (χ2n) is 4.70. The molecule has 0 aliphatic rings. The molecular formula is C14H16N4O2. The van der Waals surface area contributed by atoms with Crippen molar-refractivity contribution < 1.29 is 4.92 Å². The lowest BCUT2D eigenvalue weighted by Gasteiger charge is -2.18. The van der Waals surface area contributed by atoms with Gasteiger partial charge in [0.05, 0.1) is 4.92 Å². The van der Waals surface area contributed by atoms with Crippen LogP contribution in [0.4, 0.5) is 11.5 Å². The molecular weight excluding hydrogens is 256 g/mol. The molecule has 1 aromatic carbocycles. The molecule has 2 aromatic rings. The van der Waals surface area contributed by atoms with Gasteiger partial charge in [0.15, 0.2) is 0 Å². The molecule has 6 heteroatoms. The molecule has 0 saturated carbocycles. The van der Waals surface area contributed by atoms with Crippen LogP contribution in [0.1, 0.15) is 17.1 Å². The van der Waals surface area contributed by atoms with Crippen LogP contribution in [0.15, 0.2) is 30.3 Å². The summed E-state index contributed by atoms with van der Waals surface area (Å²) in [6, 6.07) is 8.52. The number of non-ortho nitro benzene ring substituents is 1. The van der Waals surface area contributed by atoms with Crippen LogP contribution < -0.4 is 4.90 Å². The number of hydrogen-bond donors (Lipinski definition) is 0. The quantitative estimate of drug-likeness (QED) is 0.632. The van der Waals surface area contributed by atoms with Gasteiger partial charge in [0.25, 0.3) is 5.69 Å². The Labute approximate surface area is 117 Å². The molecule has 2 rings (SSSR count). The summed E-state index contributed by atoms with van der Waals surface area (Å²) in [5.74, 6) is 1.52. The maximum absolute atomic E-state index is 10.8. The molecule has 0 radical (unpaired) electrons. The highest BCUT2D eigenvalue weighted by atomic mass is 16.6. The van der Waals surface area contributed by atoms with E-state index >= 15 is 0 Å². The molecule has 20 heavy (non-hydrogen) atoms. The van der Waals surface area contributed by atoms with Crippen LogP contribution in [-0.4, -0.2) is 21.9 Å². The fourth-order valence-corrected chi connectivity index (χ4v) is 2.02. The number of aromatic nitrogens is 2. The summed E-state index contributed by atoms with van der Waals surface area (Å²) < 4.78 is 0. The van der Waals surface area contributed by atoms with Crippen molar-refractivity contribution >= 4 is 11.5 Å². The van der Waals surface area contributed by atoms with Gasteiger partial charge in [-0.05, 0) is 19.4 Å². The van der Waals surface area contributed by atoms with E-state index in [4.69, 9.17) is 0 Å². The molecule has 0 aliphatic carbocycles. The maximum atomic E-state index is 10.8. The third kappa shape index (κ3) is 3.28. The highest BCUT2D eigenvalue weighted by Crippen LogP contribution is 2.17. The number of nitro benzene ring substituents is 1. The van der Waals surface area contributed by atoms with Crippen LogP contribution >= 0.6 is 0 Å². The lowest BCUT2D eigenvalue weighted by molar-refractivity contribution is -0.384. The molecule has 6 nitrogen and oxygen atoms in total. The molecule has 0 saturated heterocycles. The van der Waals surface area contributed by atoms with E-state index < -0.39 is 0 Å². The zero-order chi connectivity index (χ0) is 14.7. The van der Waals surface area contributed by atoms with Crippen molar-refractivity contribution in [3.63, 3.8) is 0 Å². The Kier molecular flexibility index (Phi) is 3.93. The van der Waals surface area contributed by atoms with E-state index in [0.29, 0.717) is 12.4 Å². The van der Waals surface area contributed by atoms with Crippen molar-refractivity contribution in [2.24, 2.45) is 0 Å². The van der Waals surface area contributed by atoms with E-state index in [9.17, 15) is 10.1 Å². The van der Waals surface area contributed by atoms with E-state index in [1.807, 2.05) is 37.9 Å². The van der Waals surface area contributed by atoms with Gasteiger partial charge in [0, 0.05) is 37.5 Å². The Morgan fingerprint density at radius 2 is 2.00 bits per heavy atom. The minimum absolute atomic E-state index is 0.103. The fraction of sp³-hybridized carbons (Fsp3) is 0.286. The van der Waals surface area contributed by atoms with Crippen LogP contribution in [0.3, 0.4) is 0 Å². The van der Waals surface area contributed by atoms with Gasteiger partial charge in [-0.3, -0.25) is 10.1 Å². The summed E-state index contributed by atoms with van der Waals surface area (Å²) in [6.45, 7) is 4.31. The standard InChI is InChI=1S/C14H16N4O2/c1-10-7-14(16-11(2)15-10)17(3)9-12-5-4-6-13(8-12)18(19)20/h4-8H,9H2,1-3H3. The molecule has 0 fully saturated rings. The van der Waals surface area contributed by atoms with Crippen molar-refractivity contribution in [2.45, 2.75) is 20.4 Å². The number of nitrogens with zero attached hydrogens (tertiary/aromatic N) is 4. The molecule has 104 valence electrons. The maximum Gasteiger partial charge on any atom is 0.269 e. The molecule has 0 bridgehead atoms. The van der Waals surface area contributed by atoms with Crippen LogP contribution in [0.25, 0.3) is 0 Å². The lowest BCUT2D eigenvalue weighted by atomic mass is 10.2. The first-order chi connectivity index (χ1) is 9.45. The zero-order valence-electron chi connectivity index (χ0n) is 11.7. The second-order valence-corrected chi connectivity index (χ2v) is 4.70. The molecule has 1 aromatic heterocycles. The van der Waals surface area contributed by atoms with Crippen molar-refractivity contribution in [2.75, 3.05) is 11.9 Å². The SMILES string of the molecule is Cc1cc(N(C)Cc2cccc([N+](=O)[O-])c2)nc(C)n1. The van der Waals surface area contributed by atoms with E-state index in [0.717, 1.165) is 17.1 Å². The van der Waals surface area contributed by atoms with Gasteiger partial charge in [0.1, 0.15) is 11.6 Å². The van der Waals surface area contributed by atoms with E-state index in [1.54, 1.807) is 12.1 Å². The highest BCUT2D eigenvalue weighted by Gasteiger charge is 2.09. The van der Waals surface area contributed by atoms with E-state index in [1.165, 1.54) is 6.07 Å². The minimum atomic E-state index is -0.386. The van der Waals surface area contributed by atoms with Gasteiger partial charge in [-0.1, -0.05) is 12.1 Å². The zero-order valence-corrected chi connectivity index (χ0v) is 11.7. The van der Waals surface area contributed by atoms with Gasteiger partial charge in [-0.25, -0.2) is 9.97 Å². The van der Waals surface area contributed by atoms with Crippen LogP contribution in [-0.2, 0) is 6.54 Å². The predicted octanol–water partition coefficient (Wildman–Crippen LogP) is 2.64. The lowest BCUT2D eigenvalue weighted by Crippen LogP contribution is -2.18. The summed E-state index contributed by atoms with van der Waals surface area (Å²) in [7, 11) is 1.90. The van der Waals surface area contributed by atoms with E-state index in [2.05, 4.69) is 9.97 Å². The first-order valence-corrected chi connectivity index (χ1v) is 6.22. The van der Waals surface area contributed by atoms with Crippen molar-refractivity contribution in [1.29, 1.82) is 0 Å². The van der Waals surface area contributed by atoms with Crippen LogP contribution in [0.5, 0.6) is 0 Å². The minimum Gasteiger partial charge on any atom is -0.355 e. The van der Waals surface area contributed by atoms with Gasteiger partial charge >= 0.3 is 0 Å².